The zero-order valence-corrected chi connectivity index (χ0v) is 15.1. The number of nitrogens with two attached hydrogens (primary N) is 1. The Bertz CT molecular complexity index is 834. The molecule has 0 unspecified atom stereocenters. The molecule has 6 nitrogen and oxygen atoms in total. The van der Waals surface area contributed by atoms with Gasteiger partial charge in [-0.25, -0.2) is 13.1 Å². The minimum Gasteiger partial charge on any atom is -0.329 e. The van der Waals surface area contributed by atoms with E-state index in [1.54, 1.807) is 12.1 Å². The Labute approximate surface area is 148 Å². The number of carbonyl (C=O) groups excluding carboxylic acids is 1. The van der Waals surface area contributed by atoms with Gasteiger partial charge in [-0.15, -0.1) is 0 Å². The van der Waals surface area contributed by atoms with Gasteiger partial charge in [-0.3, -0.25) is 4.79 Å². The first-order valence-corrected chi connectivity index (χ1v) is 9.42. The number of benzene rings is 2. The van der Waals surface area contributed by atoms with Crippen LogP contribution in [0.1, 0.15) is 19.4 Å². The highest BCUT2D eigenvalue weighted by molar-refractivity contribution is 7.89. The fraction of sp³-hybridized carbons (Fsp3) is 0.278. The van der Waals surface area contributed by atoms with Gasteiger partial charge in [0.05, 0.1) is 10.3 Å². The van der Waals surface area contributed by atoms with E-state index in [9.17, 15) is 13.2 Å². The number of hydrogen-bond acceptors (Lipinski definition) is 4. The number of carbonyl (C=O) groups is 1. The summed E-state index contributed by atoms with van der Waals surface area (Å²) in [6, 6.07) is 15.5. The van der Waals surface area contributed by atoms with Crippen LogP contribution < -0.4 is 15.8 Å². The van der Waals surface area contributed by atoms with Gasteiger partial charge >= 0.3 is 0 Å². The quantitative estimate of drug-likeness (QED) is 0.700. The molecule has 2 rings (SSSR count). The number of amides is 1. The lowest BCUT2D eigenvalue weighted by molar-refractivity contribution is -0.120. The fourth-order valence-corrected chi connectivity index (χ4v) is 3.38. The van der Waals surface area contributed by atoms with Gasteiger partial charge in [0, 0.05) is 18.8 Å². The van der Waals surface area contributed by atoms with Crippen molar-refractivity contribution in [2.75, 3.05) is 18.4 Å². The van der Waals surface area contributed by atoms with Crippen LogP contribution in [0.25, 0.3) is 0 Å². The molecule has 134 valence electrons. The van der Waals surface area contributed by atoms with E-state index < -0.39 is 15.4 Å². The van der Waals surface area contributed by atoms with Crippen molar-refractivity contribution in [2.24, 2.45) is 5.73 Å². The third kappa shape index (κ3) is 4.66. The second-order valence-corrected chi connectivity index (χ2v) is 7.93. The lowest BCUT2D eigenvalue weighted by Gasteiger charge is -2.24. The van der Waals surface area contributed by atoms with Gasteiger partial charge < -0.3 is 11.1 Å². The molecule has 25 heavy (non-hydrogen) atoms. The van der Waals surface area contributed by atoms with E-state index in [-0.39, 0.29) is 23.9 Å². The Morgan fingerprint density at radius 1 is 1.08 bits per heavy atom. The SMILES string of the molecule is CC(C)(C(=O)Nc1cccc(S(=O)(=O)NCCN)c1)c1ccccc1. The van der Waals surface area contributed by atoms with Gasteiger partial charge in [-0.05, 0) is 37.6 Å². The number of anilines is 1. The van der Waals surface area contributed by atoms with Gasteiger partial charge in [-0.2, -0.15) is 0 Å². The van der Waals surface area contributed by atoms with Crippen LogP contribution in [0.5, 0.6) is 0 Å². The van der Waals surface area contributed by atoms with Gasteiger partial charge in [0.15, 0.2) is 0 Å². The normalized spacial score (nSPS) is 12.0. The molecule has 0 saturated carbocycles. The molecule has 0 aliphatic carbocycles. The Hall–Kier alpha value is -2.22. The summed E-state index contributed by atoms with van der Waals surface area (Å²) in [4.78, 5) is 12.8. The molecule has 0 aliphatic rings. The summed E-state index contributed by atoms with van der Waals surface area (Å²) < 4.78 is 26.7. The Morgan fingerprint density at radius 2 is 1.76 bits per heavy atom. The zero-order chi connectivity index (χ0) is 18.5. The second-order valence-electron chi connectivity index (χ2n) is 6.16. The van der Waals surface area contributed by atoms with E-state index in [0.29, 0.717) is 5.69 Å². The largest absolute Gasteiger partial charge is 0.329 e. The highest BCUT2D eigenvalue weighted by atomic mass is 32.2. The van der Waals surface area contributed by atoms with E-state index >= 15 is 0 Å². The van der Waals surface area contributed by atoms with E-state index in [1.165, 1.54) is 12.1 Å². The Morgan fingerprint density at radius 3 is 2.40 bits per heavy atom. The number of nitrogens with one attached hydrogen (secondary N) is 2. The van der Waals surface area contributed by atoms with Crippen LogP contribution in [-0.2, 0) is 20.2 Å². The maximum atomic E-state index is 12.7. The maximum Gasteiger partial charge on any atom is 0.240 e. The van der Waals surface area contributed by atoms with Crippen molar-refractivity contribution >= 4 is 21.6 Å². The topological polar surface area (TPSA) is 101 Å². The molecule has 0 aliphatic heterocycles. The highest BCUT2D eigenvalue weighted by Gasteiger charge is 2.29. The van der Waals surface area contributed by atoms with Crippen molar-refractivity contribution in [3.63, 3.8) is 0 Å². The standard InChI is InChI=1S/C18H23N3O3S/c1-18(2,14-7-4-3-5-8-14)17(22)21-15-9-6-10-16(13-15)25(23,24)20-12-11-19/h3-10,13,20H,11-12,19H2,1-2H3,(H,21,22). The van der Waals surface area contributed by atoms with Crippen LogP contribution in [0, 0.1) is 0 Å². The molecule has 0 saturated heterocycles. The summed E-state index contributed by atoms with van der Waals surface area (Å²) in [5.41, 5.74) is 5.87. The highest BCUT2D eigenvalue weighted by Crippen LogP contribution is 2.25. The molecule has 7 heteroatoms. The molecule has 1 amide bonds. The maximum absolute atomic E-state index is 12.7. The zero-order valence-electron chi connectivity index (χ0n) is 14.3. The third-order valence-corrected chi connectivity index (χ3v) is 5.36. The summed E-state index contributed by atoms with van der Waals surface area (Å²) in [5, 5.41) is 2.79. The molecular formula is C18H23N3O3S. The molecule has 2 aromatic rings. The minimum atomic E-state index is -3.65. The van der Waals surface area contributed by atoms with Crippen LogP contribution in [0.15, 0.2) is 59.5 Å². The van der Waals surface area contributed by atoms with Crippen molar-refractivity contribution in [3.8, 4) is 0 Å². The molecular weight excluding hydrogens is 338 g/mol. The summed E-state index contributed by atoms with van der Waals surface area (Å²) in [7, 11) is -3.65. The van der Waals surface area contributed by atoms with Crippen molar-refractivity contribution < 1.29 is 13.2 Å². The van der Waals surface area contributed by atoms with Crippen molar-refractivity contribution in [2.45, 2.75) is 24.2 Å². The number of rotatable bonds is 7. The molecule has 0 radical (unpaired) electrons. The lowest BCUT2D eigenvalue weighted by atomic mass is 9.83. The average molecular weight is 361 g/mol. The predicted octanol–water partition coefficient (Wildman–Crippen LogP) is 1.84. The molecule has 0 spiro atoms. The lowest BCUT2D eigenvalue weighted by Crippen LogP contribution is -2.34. The van der Waals surface area contributed by atoms with E-state index in [1.807, 2.05) is 44.2 Å². The molecule has 0 heterocycles. The molecule has 0 bridgehead atoms. The molecule has 0 atom stereocenters. The summed E-state index contributed by atoms with van der Waals surface area (Å²) in [6.45, 7) is 4.00. The smallest absolute Gasteiger partial charge is 0.240 e. The fourth-order valence-electron chi connectivity index (χ4n) is 2.29. The van der Waals surface area contributed by atoms with E-state index in [2.05, 4.69) is 10.0 Å². The van der Waals surface area contributed by atoms with Gasteiger partial charge in [0.2, 0.25) is 15.9 Å². The van der Waals surface area contributed by atoms with Gasteiger partial charge in [0.25, 0.3) is 0 Å². The van der Waals surface area contributed by atoms with Gasteiger partial charge in [0.1, 0.15) is 0 Å². The Balaban J connectivity index is 2.21. The van der Waals surface area contributed by atoms with Crippen molar-refractivity contribution in [3.05, 3.63) is 60.2 Å². The van der Waals surface area contributed by atoms with Crippen LogP contribution in [-0.4, -0.2) is 27.4 Å². The third-order valence-electron chi connectivity index (χ3n) is 3.90. The summed E-state index contributed by atoms with van der Waals surface area (Å²) in [6.07, 6.45) is 0. The number of sulfonamides is 1. The van der Waals surface area contributed by atoms with E-state index in [4.69, 9.17) is 5.73 Å². The molecule has 0 fully saturated rings. The first kappa shape index (κ1) is 19.1. The average Bonchev–Trinajstić information content (AvgIpc) is 2.61. The van der Waals surface area contributed by atoms with Crippen LogP contribution in [0.2, 0.25) is 0 Å². The molecule has 4 N–H and O–H groups in total. The monoisotopic (exact) mass is 361 g/mol. The molecule has 0 aromatic heterocycles. The van der Waals surface area contributed by atoms with Crippen LogP contribution in [0.4, 0.5) is 5.69 Å². The first-order valence-electron chi connectivity index (χ1n) is 7.94. The van der Waals surface area contributed by atoms with Crippen molar-refractivity contribution in [1.82, 2.24) is 4.72 Å². The minimum absolute atomic E-state index is 0.0799. The first-order chi connectivity index (χ1) is 11.8. The predicted molar refractivity (Wildman–Crippen MR) is 98.8 cm³/mol. The summed E-state index contributed by atoms with van der Waals surface area (Å²) in [5.74, 6) is -0.219. The van der Waals surface area contributed by atoms with Gasteiger partial charge in [-0.1, -0.05) is 36.4 Å². The van der Waals surface area contributed by atoms with Crippen LogP contribution in [0.3, 0.4) is 0 Å². The second kappa shape index (κ2) is 7.77. The Kier molecular flexibility index (Phi) is 5.94. The summed E-state index contributed by atoms with van der Waals surface area (Å²) >= 11 is 0. The molecule has 2 aromatic carbocycles. The number of hydrogen-bond donors (Lipinski definition) is 3. The van der Waals surface area contributed by atoms with Crippen molar-refractivity contribution in [1.29, 1.82) is 0 Å². The van der Waals surface area contributed by atoms with E-state index in [0.717, 1.165) is 5.56 Å². The van der Waals surface area contributed by atoms with Crippen LogP contribution >= 0.6 is 0 Å².